The van der Waals surface area contributed by atoms with Gasteiger partial charge in [-0.25, -0.2) is 4.79 Å². The Morgan fingerprint density at radius 3 is 2.56 bits per heavy atom. The van der Waals surface area contributed by atoms with E-state index in [1.165, 1.54) is 6.20 Å². The summed E-state index contributed by atoms with van der Waals surface area (Å²) in [6.07, 6.45) is 1.29. The minimum atomic E-state index is -0.497. The van der Waals surface area contributed by atoms with Crippen LogP contribution in [0.5, 0.6) is 0 Å². The zero-order valence-electron chi connectivity index (χ0n) is 4.27. The molecule has 0 radical (unpaired) electrons. The van der Waals surface area contributed by atoms with Crippen LogP contribution < -0.4 is 11.2 Å². The van der Waals surface area contributed by atoms with Gasteiger partial charge in [0.2, 0.25) is 0 Å². The highest BCUT2D eigenvalue weighted by atomic mass is 79.9. The molecule has 9 heavy (non-hydrogen) atoms. The molecule has 4 nitrogen and oxygen atoms in total. The fourth-order valence-electron chi connectivity index (χ4n) is 0.393. The second kappa shape index (κ2) is 2.18. The normalized spacial score (nSPS) is 9.44. The molecule has 0 fully saturated rings. The summed E-state index contributed by atoms with van der Waals surface area (Å²) in [5, 5.41) is 0. The highest BCUT2D eigenvalue weighted by Crippen LogP contribution is 1.93. The molecule has 1 rings (SSSR count). The lowest BCUT2D eigenvalue weighted by Crippen LogP contribution is -2.21. The molecular weight excluding hydrogens is 189 g/mol. The van der Waals surface area contributed by atoms with Crippen molar-refractivity contribution < 1.29 is 0 Å². The molecule has 0 saturated carbocycles. The maximum atomic E-state index is 10.5. The fourth-order valence-corrected chi connectivity index (χ4v) is 0.607. The first kappa shape index (κ1) is 6.28. The van der Waals surface area contributed by atoms with Gasteiger partial charge >= 0.3 is 5.69 Å². The zero-order chi connectivity index (χ0) is 6.85. The van der Waals surface area contributed by atoms with E-state index in [-0.39, 0.29) is 0 Å². The largest absolute Gasteiger partial charge is 0.325 e. The first-order valence-electron chi connectivity index (χ1n) is 2.17. The fraction of sp³-hybridized carbons (Fsp3) is 0. The SMILES string of the molecule is O=c1[14nH][13c](=O)[14nH]cc1Br. The van der Waals surface area contributed by atoms with Crippen LogP contribution in [-0.2, 0) is 0 Å². The van der Waals surface area contributed by atoms with E-state index >= 15 is 0 Å². The first-order valence-corrected chi connectivity index (χ1v) is 2.97. The Morgan fingerprint density at radius 1 is 1.44 bits per heavy atom. The van der Waals surface area contributed by atoms with Crippen LogP contribution in [0.1, 0.15) is 0 Å². The van der Waals surface area contributed by atoms with E-state index in [2.05, 4.69) is 20.9 Å². The van der Waals surface area contributed by atoms with Gasteiger partial charge in [0, 0.05) is 6.20 Å². The van der Waals surface area contributed by atoms with E-state index in [0.29, 0.717) is 4.47 Å². The molecule has 5 heteroatoms. The Labute approximate surface area is 58.1 Å². The molecular formula is C4H3BrN2O2. The van der Waals surface area contributed by atoms with Crippen LogP contribution in [0.15, 0.2) is 20.3 Å². The molecule has 0 saturated heterocycles. The number of halogens is 1. The molecule has 0 amide bonds. The summed E-state index contributed by atoms with van der Waals surface area (Å²) >= 11 is 2.92. The third kappa shape index (κ3) is 1.29. The summed E-state index contributed by atoms with van der Waals surface area (Å²) in [4.78, 5) is 25.1. The third-order valence-electron chi connectivity index (χ3n) is 0.774. The van der Waals surface area contributed by atoms with Gasteiger partial charge in [0.05, 0.1) is 4.47 Å². The van der Waals surface area contributed by atoms with Gasteiger partial charge in [-0.15, -0.1) is 0 Å². The highest BCUT2D eigenvalue weighted by Gasteiger charge is 1.90. The predicted octanol–water partition coefficient (Wildman–Crippen LogP) is -0.174. The number of hydrogen-bond acceptors (Lipinski definition) is 2. The average molecular weight is 192 g/mol. The van der Waals surface area contributed by atoms with Crippen LogP contribution in [0.3, 0.4) is 0 Å². The molecule has 2 N–H and O–H groups in total. The van der Waals surface area contributed by atoms with E-state index in [0.717, 1.165) is 0 Å². The number of aromatic nitrogens is 2. The number of nitrogens with one attached hydrogen (secondary N) is 2. The lowest BCUT2D eigenvalue weighted by Gasteiger charge is -1.82. The van der Waals surface area contributed by atoms with Crippen LogP contribution in [0, 0.1) is 0 Å². The maximum Gasteiger partial charge on any atom is 0.325 e. The van der Waals surface area contributed by atoms with Gasteiger partial charge in [0.25, 0.3) is 5.56 Å². The lowest BCUT2D eigenvalue weighted by molar-refractivity contribution is 1.02. The Balaban J connectivity index is 3.52. The van der Waals surface area contributed by atoms with Crippen LogP contribution in [0.2, 0.25) is 0 Å². The Kier molecular flexibility index (Phi) is 1.52. The highest BCUT2D eigenvalue weighted by molar-refractivity contribution is 9.10. The number of rotatable bonds is 0. The zero-order valence-corrected chi connectivity index (χ0v) is 5.86. The van der Waals surface area contributed by atoms with Crippen molar-refractivity contribution in [2.24, 2.45) is 0 Å². The number of H-pyrrole nitrogens is 2. The quantitative estimate of drug-likeness (QED) is 0.598. The number of aromatic amines is 2. The van der Waals surface area contributed by atoms with Gasteiger partial charge < -0.3 is 4.98 Å². The standard InChI is InChI=1S/C4H3BrN2O2/c5-2-1-6-4(9)7-3(2)8/h1H,(H2,6,7,8,9)/i4+1,6+0,7+0. The van der Waals surface area contributed by atoms with Crippen molar-refractivity contribution in [1.82, 2.24) is 9.97 Å². The second-order valence-corrected chi connectivity index (χ2v) is 2.27. The molecule has 0 aliphatic carbocycles. The Hall–Kier alpha value is -0.840. The molecule has 1 aromatic heterocycles. The van der Waals surface area contributed by atoms with E-state index < -0.39 is 11.2 Å². The van der Waals surface area contributed by atoms with Crippen LogP contribution in [0.25, 0.3) is 0 Å². The van der Waals surface area contributed by atoms with Gasteiger partial charge in [-0.05, 0) is 15.9 Å². The van der Waals surface area contributed by atoms with Crippen molar-refractivity contribution in [3.05, 3.63) is 31.5 Å². The summed E-state index contributed by atoms with van der Waals surface area (Å²) in [6, 6.07) is 0. The molecule has 0 aliphatic heterocycles. The van der Waals surface area contributed by atoms with Crippen molar-refractivity contribution in [2.45, 2.75) is 0 Å². The van der Waals surface area contributed by atoms with Crippen molar-refractivity contribution in [1.29, 1.82) is 0 Å². The summed E-state index contributed by atoms with van der Waals surface area (Å²) in [6.45, 7) is 0. The molecule has 1 heterocycles. The molecule has 0 spiro atoms. The van der Waals surface area contributed by atoms with Crippen LogP contribution in [-0.4, -0.2) is 9.97 Å². The molecule has 0 unspecified atom stereocenters. The third-order valence-corrected chi connectivity index (χ3v) is 1.36. The van der Waals surface area contributed by atoms with Crippen LogP contribution in [0.4, 0.5) is 0 Å². The first-order chi connectivity index (χ1) is 4.20. The Bertz CT molecular complexity index is 313. The second-order valence-electron chi connectivity index (χ2n) is 1.42. The topological polar surface area (TPSA) is 65.7 Å². The minimum absolute atomic E-state index is 0.321. The van der Waals surface area contributed by atoms with E-state index in [4.69, 9.17) is 0 Å². The van der Waals surface area contributed by atoms with E-state index in [1.807, 2.05) is 4.98 Å². The number of hydrogen-bond donors (Lipinski definition) is 2. The van der Waals surface area contributed by atoms with Gasteiger partial charge in [-0.1, -0.05) is 0 Å². The molecule has 0 aliphatic rings. The lowest BCUT2D eigenvalue weighted by atomic mass is 10.7. The molecule has 48 valence electrons. The molecule has 0 aromatic carbocycles. The van der Waals surface area contributed by atoms with Crippen LogP contribution >= 0.6 is 15.9 Å². The van der Waals surface area contributed by atoms with Gasteiger partial charge in [0.15, 0.2) is 0 Å². The minimum Gasteiger partial charge on any atom is -0.313 e. The monoisotopic (exact) mass is 191 g/mol. The molecule has 1 aromatic rings. The van der Waals surface area contributed by atoms with Gasteiger partial charge in [-0.3, -0.25) is 9.78 Å². The van der Waals surface area contributed by atoms with Crippen molar-refractivity contribution in [3.63, 3.8) is 0 Å². The molecule has 0 bridgehead atoms. The van der Waals surface area contributed by atoms with Crippen molar-refractivity contribution >= 4 is 15.9 Å². The van der Waals surface area contributed by atoms with Crippen molar-refractivity contribution in [3.8, 4) is 0 Å². The molecule has 0 atom stereocenters. The van der Waals surface area contributed by atoms with Crippen molar-refractivity contribution in [2.75, 3.05) is 0 Å². The van der Waals surface area contributed by atoms with Gasteiger partial charge in [0.1, 0.15) is 0 Å². The summed E-state index contributed by atoms with van der Waals surface area (Å²) in [7, 11) is 0. The van der Waals surface area contributed by atoms with E-state index in [1.54, 1.807) is 0 Å². The summed E-state index contributed by atoms with van der Waals surface area (Å²) in [5.41, 5.74) is -0.915. The maximum absolute atomic E-state index is 10.5. The summed E-state index contributed by atoms with van der Waals surface area (Å²) < 4.78 is 0.321. The predicted molar refractivity (Wildman–Crippen MR) is 35.4 cm³/mol. The van der Waals surface area contributed by atoms with E-state index in [9.17, 15) is 9.59 Å². The smallest absolute Gasteiger partial charge is 0.313 e. The average Bonchev–Trinajstić information content (AvgIpc) is 1.80. The summed E-state index contributed by atoms with van der Waals surface area (Å²) in [5.74, 6) is 0. The Morgan fingerprint density at radius 2 is 2.11 bits per heavy atom. The van der Waals surface area contributed by atoms with Gasteiger partial charge in [-0.2, -0.15) is 0 Å².